The molecule has 0 aliphatic carbocycles. The Labute approximate surface area is 151 Å². The molecule has 3 aromatic rings. The number of nitrogens with zero attached hydrogens (tertiary/aromatic N) is 2. The molecule has 0 saturated heterocycles. The first-order valence-corrected chi connectivity index (χ1v) is 9.12. The average Bonchev–Trinajstić information content (AvgIpc) is 2.61. The zero-order valence-electron chi connectivity index (χ0n) is 13.9. The van der Waals surface area contributed by atoms with Crippen molar-refractivity contribution in [2.24, 2.45) is 5.14 Å². The maximum absolute atomic E-state index is 11.1. The monoisotopic (exact) mass is 371 g/mol. The normalized spacial score (nSPS) is 11.0. The summed E-state index contributed by atoms with van der Waals surface area (Å²) in [7, 11) is -2.23. The number of nitrogens with two attached hydrogens (primary N) is 1. The van der Waals surface area contributed by atoms with Crippen LogP contribution in [-0.2, 0) is 10.2 Å². The van der Waals surface area contributed by atoms with Gasteiger partial charge in [-0.2, -0.15) is 8.42 Å². The fourth-order valence-corrected chi connectivity index (χ4v) is 2.86. The fraction of sp³-hybridized carbons (Fsp3) is 0.0588. The molecule has 8 nitrogen and oxygen atoms in total. The van der Waals surface area contributed by atoms with Gasteiger partial charge in [0.2, 0.25) is 0 Å². The summed E-state index contributed by atoms with van der Waals surface area (Å²) < 4.78 is 29.9. The molecule has 1 aromatic heterocycles. The number of rotatable bonds is 6. The molecule has 0 unspecified atom stereocenters. The minimum atomic E-state index is -3.83. The largest absolute Gasteiger partial charge is 0.496 e. The van der Waals surface area contributed by atoms with Crippen LogP contribution in [0, 0.1) is 0 Å². The summed E-state index contributed by atoms with van der Waals surface area (Å²) in [6.07, 6.45) is 1.44. The van der Waals surface area contributed by atoms with E-state index in [1.165, 1.54) is 6.33 Å². The van der Waals surface area contributed by atoms with Gasteiger partial charge in [0, 0.05) is 17.3 Å². The zero-order valence-corrected chi connectivity index (χ0v) is 14.7. The van der Waals surface area contributed by atoms with E-state index in [-0.39, 0.29) is 0 Å². The van der Waals surface area contributed by atoms with E-state index >= 15 is 0 Å². The average molecular weight is 371 g/mol. The highest BCUT2D eigenvalue weighted by Crippen LogP contribution is 2.29. The molecule has 0 aliphatic rings. The van der Waals surface area contributed by atoms with Crippen LogP contribution in [0.4, 0.5) is 17.2 Å². The Hall–Kier alpha value is -3.17. The number of aromatic nitrogens is 2. The lowest BCUT2D eigenvalue weighted by molar-refractivity contribution is 0.416. The SMILES string of the molecule is COc1ccccc1-c1cc(Nc2cccc(NS(N)(=O)=O)c2)ncn1. The van der Waals surface area contributed by atoms with E-state index in [9.17, 15) is 8.42 Å². The molecule has 0 bridgehead atoms. The fourth-order valence-electron chi connectivity index (χ4n) is 2.40. The topological polar surface area (TPSA) is 119 Å². The Morgan fingerprint density at radius 3 is 2.54 bits per heavy atom. The highest BCUT2D eigenvalue weighted by atomic mass is 32.2. The molecule has 9 heteroatoms. The maximum atomic E-state index is 11.1. The van der Waals surface area contributed by atoms with Crippen molar-refractivity contribution in [3.05, 3.63) is 60.9 Å². The Morgan fingerprint density at radius 2 is 1.77 bits per heavy atom. The second-order valence-electron chi connectivity index (χ2n) is 5.34. The van der Waals surface area contributed by atoms with Crippen LogP contribution in [0.3, 0.4) is 0 Å². The van der Waals surface area contributed by atoms with Crippen LogP contribution in [0.25, 0.3) is 11.3 Å². The smallest absolute Gasteiger partial charge is 0.296 e. The molecule has 2 aromatic carbocycles. The minimum Gasteiger partial charge on any atom is -0.496 e. The van der Waals surface area contributed by atoms with E-state index < -0.39 is 10.2 Å². The van der Waals surface area contributed by atoms with Gasteiger partial charge < -0.3 is 10.1 Å². The van der Waals surface area contributed by atoms with Crippen LogP contribution in [0.2, 0.25) is 0 Å². The predicted molar refractivity (Wildman–Crippen MR) is 100 cm³/mol. The molecule has 0 amide bonds. The van der Waals surface area contributed by atoms with Crippen molar-refractivity contribution in [2.75, 3.05) is 17.1 Å². The number of ether oxygens (including phenoxy) is 1. The van der Waals surface area contributed by atoms with Crippen LogP contribution in [0.5, 0.6) is 5.75 Å². The Kier molecular flexibility index (Phi) is 5.01. The number of hydrogen-bond donors (Lipinski definition) is 3. The lowest BCUT2D eigenvalue weighted by Crippen LogP contribution is -2.21. The van der Waals surface area contributed by atoms with Gasteiger partial charge in [-0.1, -0.05) is 18.2 Å². The molecular formula is C17H17N5O3S. The number of benzene rings is 2. The molecule has 0 aliphatic heterocycles. The van der Waals surface area contributed by atoms with E-state index in [2.05, 4.69) is 20.0 Å². The van der Waals surface area contributed by atoms with Gasteiger partial charge in [0.1, 0.15) is 17.9 Å². The lowest BCUT2D eigenvalue weighted by atomic mass is 10.1. The van der Waals surface area contributed by atoms with Crippen LogP contribution < -0.4 is 19.9 Å². The molecule has 26 heavy (non-hydrogen) atoms. The van der Waals surface area contributed by atoms with Gasteiger partial charge in [0.25, 0.3) is 10.2 Å². The quantitative estimate of drug-likeness (QED) is 0.612. The van der Waals surface area contributed by atoms with Crippen molar-refractivity contribution < 1.29 is 13.2 Å². The van der Waals surface area contributed by atoms with Gasteiger partial charge in [-0.25, -0.2) is 15.1 Å². The number of anilines is 3. The van der Waals surface area contributed by atoms with Crippen molar-refractivity contribution in [1.29, 1.82) is 0 Å². The predicted octanol–water partition coefficient (Wildman–Crippen LogP) is 2.51. The summed E-state index contributed by atoms with van der Waals surface area (Å²) in [5.74, 6) is 1.25. The van der Waals surface area contributed by atoms with Crippen molar-refractivity contribution in [2.45, 2.75) is 0 Å². The summed E-state index contributed by atoms with van der Waals surface area (Å²) in [5, 5.41) is 8.10. The van der Waals surface area contributed by atoms with E-state index in [4.69, 9.17) is 9.88 Å². The van der Waals surface area contributed by atoms with E-state index in [1.807, 2.05) is 24.3 Å². The molecule has 0 spiro atoms. The van der Waals surface area contributed by atoms with Crippen molar-refractivity contribution in [1.82, 2.24) is 9.97 Å². The third kappa shape index (κ3) is 4.47. The Morgan fingerprint density at radius 1 is 1.00 bits per heavy atom. The van der Waals surface area contributed by atoms with Gasteiger partial charge in [-0.15, -0.1) is 0 Å². The van der Waals surface area contributed by atoms with Gasteiger partial charge in [0.15, 0.2) is 0 Å². The first-order valence-electron chi connectivity index (χ1n) is 7.58. The van der Waals surface area contributed by atoms with E-state index in [1.54, 1.807) is 37.4 Å². The first-order chi connectivity index (χ1) is 12.4. The Bertz CT molecular complexity index is 1020. The molecule has 134 valence electrons. The second kappa shape index (κ2) is 7.38. The number of methoxy groups -OCH3 is 1. The van der Waals surface area contributed by atoms with Crippen molar-refractivity contribution in [3.63, 3.8) is 0 Å². The van der Waals surface area contributed by atoms with Crippen LogP contribution in [0.15, 0.2) is 60.9 Å². The van der Waals surface area contributed by atoms with Crippen LogP contribution >= 0.6 is 0 Å². The summed E-state index contributed by atoms with van der Waals surface area (Å²) in [5.41, 5.74) is 2.52. The first kappa shape index (κ1) is 17.6. The summed E-state index contributed by atoms with van der Waals surface area (Å²) in [4.78, 5) is 8.48. The van der Waals surface area contributed by atoms with Crippen LogP contribution in [0.1, 0.15) is 0 Å². The minimum absolute atomic E-state index is 0.344. The summed E-state index contributed by atoms with van der Waals surface area (Å²) in [6, 6.07) is 16.0. The van der Waals surface area contributed by atoms with Gasteiger partial charge >= 0.3 is 0 Å². The Balaban J connectivity index is 1.87. The molecule has 0 atom stereocenters. The molecule has 0 fully saturated rings. The summed E-state index contributed by atoms with van der Waals surface area (Å²) in [6.45, 7) is 0. The molecule has 1 heterocycles. The van der Waals surface area contributed by atoms with Crippen molar-refractivity contribution >= 4 is 27.4 Å². The van der Waals surface area contributed by atoms with Gasteiger partial charge in [0.05, 0.1) is 18.5 Å². The highest BCUT2D eigenvalue weighted by Gasteiger charge is 2.08. The molecular weight excluding hydrogens is 354 g/mol. The zero-order chi connectivity index (χ0) is 18.6. The lowest BCUT2D eigenvalue weighted by Gasteiger charge is -2.11. The van der Waals surface area contributed by atoms with Crippen molar-refractivity contribution in [3.8, 4) is 17.0 Å². The van der Waals surface area contributed by atoms with Gasteiger partial charge in [-0.05, 0) is 30.3 Å². The maximum Gasteiger partial charge on any atom is 0.296 e. The molecule has 0 saturated carbocycles. The third-order valence-electron chi connectivity index (χ3n) is 3.45. The molecule has 3 rings (SSSR count). The summed E-state index contributed by atoms with van der Waals surface area (Å²) >= 11 is 0. The van der Waals surface area contributed by atoms with E-state index in [0.29, 0.717) is 28.6 Å². The molecule has 0 radical (unpaired) electrons. The van der Waals surface area contributed by atoms with Crippen LogP contribution in [-0.4, -0.2) is 25.5 Å². The van der Waals surface area contributed by atoms with Gasteiger partial charge in [-0.3, -0.25) is 4.72 Å². The second-order valence-corrected chi connectivity index (χ2v) is 6.64. The number of para-hydroxylation sites is 1. The number of nitrogens with one attached hydrogen (secondary N) is 2. The standard InChI is InChI=1S/C17H17N5O3S/c1-25-16-8-3-2-7-14(16)15-10-17(20-11-19-15)21-12-5-4-6-13(9-12)22-26(18,23)24/h2-11,22H,1H3,(H2,18,23,24)(H,19,20,21). The number of hydrogen-bond acceptors (Lipinski definition) is 6. The highest BCUT2D eigenvalue weighted by molar-refractivity contribution is 7.90. The molecule has 4 N–H and O–H groups in total. The van der Waals surface area contributed by atoms with E-state index in [0.717, 1.165) is 5.56 Å². The third-order valence-corrected chi connectivity index (χ3v) is 3.97.